The van der Waals surface area contributed by atoms with E-state index in [4.69, 9.17) is 4.74 Å². The van der Waals surface area contributed by atoms with Gasteiger partial charge in [-0.15, -0.1) is 0 Å². The van der Waals surface area contributed by atoms with Gasteiger partial charge in [0.15, 0.2) is 5.16 Å². The minimum absolute atomic E-state index is 0.385. The lowest BCUT2D eigenvalue weighted by Gasteiger charge is -2.18. The Morgan fingerprint density at radius 2 is 1.93 bits per heavy atom. The van der Waals surface area contributed by atoms with Gasteiger partial charge in [-0.25, -0.2) is 14.8 Å². The van der Waals surface area contributed by atoms with Crippen molar-refractivity contribution >= 4 is 17.1 Å². The number of hydrogen-bond donors (Lipinski definition) is 0. The van der Waals surface area contributed by atoms with Gasteiger partial charge in [0.2, 0.25) is 0 Å². The van der Waals surface area contributed by atoms with Gasteiger partial charge in [-0.2, -0.15) is 0 Å². The van der Waals surface area contributed by atoms with Crippen LogP contribution in [0, 0.1) is 0 Å². The maximum absolute atomic E-state index is 11.3. The van der Waals surface area contributed by atoms with Crippen LogP contribution in [0.2, 0.25) is 0 Å². The lowest BCUT2D eigenvalue weighted by atomic mass is 10.2. The summed E-state index contributed by atoms with van der Waals surface area (Å²) < 4.78 is 5.09. The van der Waals surface area contributed by atoms with Gasteiger partial charge >= 0.3 is 5.30 Å². The predicted molar refractivity (Wildman–Crippen MR) is 54.1 cm³/mol. The molecule has 0 bridgehead atoms. The Hall–Kier alpha value is -1.10. The van der Waals surface area contributed by atoms with Gasteiger partial charge in [0.1, 0.15) is 5.60 Å². The molecule has 0 aliphatic heterocycles. The van der Waals surface area contributed by atoms with E-state index in [1.807, 2.05) is 20.8 Å². The quantitative estimate of drug-likeness (QED) is 0.406. The van der Waals surface area contributed by atoms with Crippen LogP contribution in [0.25, 0.3) is 0 Å². The molecule has 0 atom stereocenters. The lowest BCUT2D eigenvalue weighted by molar-refractivity contribution is 0.0737. The van der Waals surface area contributed by atoms with Crippen LogP contribution in [0.15, 0.2) is 23.6 Å². The van der Waals surface area contributed by atoms with Crippen LogP contribution in [0.3, 0.4) is 0 Å². The standard InChI is InChI=1S/C9H12N2O2S/c1-9(2,3)13-8(12)14-7-10-5-4-6-11-7/h4-6H,1-3H3. The minimum atomic E-state index is -0.473. The lowest BCUT2D eigenvalue weighted by Crippen LogP contribution is -2.21. The molecule has 14 heavy (non-hydrogen) atoms. The molecule has 0 fully saturated rings. The molecule has 0 saturated carbocycles. The second-order valence-corrected chi connectivity index (χ2v) is 4.50. The summed E-state index contributed by atoms with van der Waals surface area (Å²) in [5, 5.41) is 0.0189. The van der Waals surface area contributed by atoms with Gasteiger partial charge in [-0.3, -0.25) is 0 Å². The summed E-state index contributed by atoms with van der Waals surface area (Å²) in [6, 6.07) is 1.69. The molecule has 0 saturated heterocycles. The van der Waals surface area contributed by atoms with Crippen molar-refractivity contribution in [2.75, 3.05) is 0 Å². The van der Waals surface area contributed by atoms with Gasteiger partial charge in [0.05, 0.1) is 0 Å². The van der Waals surface area contributed by atoms with E-state index >= 15 is 0 Å². The van der Waals surface area contributed by atoms with Crippen LogP contribution in [0.5, 0.6) is 0 Å². The topological polar surface area (TPSA) is 52.1 Å². The number of rotatable bonds is 1. The largest absolute Gasteiger partial charge is 0.452 e. The summed E-state index contributed by atoms with van der Waals surface area (Å²) in [7, 11) is 0. The highest BCUT2D eigenvalue weighted by Crippen LogP contribution is 2.19. The highest BCUT2D eigenvalue weighted by atomic mass is 32.2. The number of thioether (sulfide) groups is 1. The average Bonchev–Trinajstić information content (AvgIpc) is 2.02. The third-order valence-corrected chi connectivity index (χ3v) is 1.75. The van der Waals surface area contributed by atoms with Crippen molar-refractivity contribution in [1.82, 2.24) is 9.97 Å². The van der Waals surface area contributed by atoms with Gasteiger partial charge < -0.3 is 4.74 Å². The van der Waals surface area contributed by atoms with Crippen LogP contribution in [-0.2, 0) is 4.74 Å². The molecule has 1 aromatic rings. The van der Waals surface area contributed by atoms with Crippen LogP contribution in [0.4, 0.5) is 4.79 Å². The number of ether oxygens (including phenoxy) is 1. The van der Waals surface area contributed by atoms with Crippen molar-refractivity contribution in [3.05, 3.63) is 18.5 Å². The Bertz CT molecular complexity index is 308. The summed E-state index contributed by atoms with van der Waals surface area (Å²) in [5.41, 5.74) is -0.473. The minimum Gasteiger partial charge on any atom is -0.452 e. The molecule has 0 amide bonds. The molecule has 0 spiro atoms. The van der Waals surface area contributed by atoms with Gasteiger partial charge in [-0.1, -0.05) is 0 Å². The maximum Gasteiger partial charge on any atom is 0.375 e. The average molecular weight is 212 g/mol. The molecular weight excluding hydrogens is 200 g/mol. The van der Waals surface area contributed by atoms with Crippen molar-refractivity contribution in [3.63, 3.8) is 0 Å². The second kappa shape index (κ2) is 4.41. The van der Waals surface area contributed by atoms with E-state index < -0.39 is 5.60 Å². The Kier molecular flexibility index (Phi) is 3.46. The summed E-state index contributed by atoms with van der Waals surface area (Å²) >= 11 is 0.887. The molecule has 1 rings (SSSR count). The fraction of sp³-hybridized carbons (Fsp3) is 0.444. The second-order valence-electron chi connectivity index (χ2n) is 3.60. The Morgan fingerprint density at radius 3 is 2.43 bits per heavy atom. The first-order chi connectivity index (χ1) is 6.47. The Labute approximate surface area is 87.1 Å². The molecule has 0 radical (unpaired) electrons. The summed E-state index contributed by atoms with van der Waals surface area (Å²) in [6.45, 7) is 5.45. The molecule has 0 unspecified atom stereocenters. The number of hydrogen-bond acceptors (Lipinski definition) is 5. The molecule has 0 N–H and O–H groups in total. The van der Waals surface area contributed by atoms with E-state index in [1.54, 1.807) is 18.5 Å². The normalized spacial score (nSPS) is 11.1. The number of nitrogens with zero attached hydrogens (tertiary/aromatic N) is 2. The molecule has 4 nitrogen and oxygen atoms in total. The molecule has 5 heteroatoms. The van der Waals surface area contributed by atoms with E-state index in [2.05, 4.69) is 9.97 Å². The van der Waals surface area contributed by atoms with Crippen LogP contribution in [0.1, 0.15) is 20.8 Å². The zero-order chi connectivity index (χ0) is 10.6. The van der Waals surface area contributed by atoms with Gasteiger partial charge in [0.25, 0.3) is 0 Å². The van der Waals surface area contributed by atoms with E-state index in [0.29, 0.717) is 5.16 Å². The molecular formula is C9H12N2O2S. The Morgan fingerprint density at radius 1 is 1.36 bits per heavy atom. The summed E-state index contributed by atoms with van der Waals surface area (Å²) in [4.78, 5) is 19.1. The van der Waals surface area contributed by atoms with E-state index in [-0.39, 0.29) is 5.30 Å². The first-order valence-electron chi connectivity index (χ1n) is 4.15. The zero-order valence-corrected chi connectivity index (χ0v) is 9.17. The van der Waals surface area contributed by atoms with Crippen molar-refractivity contribution in [1.29, 1.82) is 0 Å². The van der Waals surface area contributed by atoms with Crippen molar-refractivity contribution in [2.24, 2.45) is 0 Å². The van der Waals surface area contributed by atoms with E-state index in [1.165, 1.54) is 0 Å². The van der Waals surface area contributed by atoms with Crippen molar-refractivity contribution in [3.8, 4) is 0 Å². The predicted octanol–water partition coefficient (Wildman–Crippen LogP) is 2.50. The molecule has 1 aromatic heterocycles. The molecule has 0 aromatic carbocycles. The fourth-order valence-electron chi connectivity index (χ4n) is 0.683. The zero-order valence-electron chi connectivity index (χ0n) is 8.35. The highest BCUT2D eigenvalue weighted by molar-refractivity contribution is 8.13. The maximum atomic E-state index is 11.3. The van der Waals surface area contributed by atoms with Crippen molar-refractivity contribution in [2.45, 2.75) is 31.5 Å². The van der Waals surface area contributed by atoms with Crippen LogP contribution < -0.4 is 0 Å². The SMILES string of the molecule is CC(C)(C)OC(=O)Sc1ncccn1. The number of carbonyl (C=O) groups is 1. The highest BCUT2D eigenvalue weighted by Gasteiger charge is 2.17. The van der Waals surface area contributed by atoms with Gasteiger partial charge in [-0.05, 0) is 26.8 Å². The van der Waals surface area contributed by atoms with Crippen LogP contribution in [-0.4, -0.2) is 20.9 Å². The third-order valence-electron chi connectivity index (χ3n) is 1.11. The van der Waals surface area contributed by atoms with E-state index in [9.17, 15) is 4.79 Å². The Balaban J connectivity index is 2.50. The van der Waals surface area contributed by atoms with E-state index in [0.717, 1.165) is 11.8 Å². The smallest absolute Gasteiger partial charge is 0.375 e. The monoisotopic (exact) mass is 212 g/mol. The molecule has 0 aliphatic carbocycles. The molecule has 0 aliphatic rings. The molecule has 1 heterocycles. The number of aromatic nitrogens is 2. The van der Waals surface area contributed by atoms with Crippen LogP contribution >= 0.6 is 11.8 Å². The van der Waals surface area contributed by atoms with Gasteiger partial charge in [0, 0.05) is 24.2 Å². The first-order valence-corrected chi connectivity index (χ1v) is 4.97. The van der Waals surface area contributed by atoms with Crippen molar-refractivity contribution < 1.29 is 9.53 Å². The first kappa shape index (κ1) is 11.0. The summed E-state index contributed by atoms with van der Waals surface area (Å²) in [5.74, 6) is 0. The summed E-state index contributed by atoms with van der Waals surface area (Å²) in [6.07, 6.45) is 3.17. The fourth-order valence-corrected chi connectivity index (χ4v) is 1.35. The third kappa shape index (κ3) is 4.23. The molecule has 76 valence electrons. The number of carbonyl (C=O) groups excluding carboxylic acids is 1.